The van der Waals surface area contributed by atoms with Gasteiger partial charge in [-0.2, -0.15) is 0 Å². The first-order chi connectivity index (χ1) is 9.19. The van der Waals surface area contributed by atoms with Crippen LogP contribution in [0.4, 0.5) is 0 Å². The number of benzene rings is 1. The molecule has 19 heavy (non-hydrogen) atoms. The normalized spacial score (nSPS) is 10.2. The van der Waals surface area contributed by atoms with Crippen LogP contribution in [0.5, 0.6) is 5.88 Å². The van der Waals surface area contributed by atoms with Gasteiger partial charge in [0.05, 0.1) is 13.2 Å². The van der Waals surface area contributed by atoms with Crippen LogP contribution in [-0.4, -0.2) is 24.7 Å². The van der Waals surface area contributed by atoms with Crippen LogP contribution in [0.3, 0.4) is 0 Å². The van der Waals surface area contributed by atoms with Crippen LogP contribution in [0, 0.1) is 0 Å². The molecule has 5 nitrogen and oxygen atoms in total. The van der Waals surface area contributed by atoms with Crippen molar-refractivity contribution >= 4 is 17.5 Å². The van der Waals surface area contributed by atoms with Crippen LogP contribution >= 0.6 is 11.6 Å². The van der Waals surface area contributed by atoms with E-state index in [-0.39, 0.29) is 17.5 Å². The van der Waals surface area contributed by atoms with Gasteiger partial charge in [-0.25, -0.2) is 0 Å². The monoisotopic (exact) mass is 280 g/mol. The number of halogens is 1. The van der Waals surface area contributed by atoms with Crippen LogP contribution in [0.15, 0.2) is 34.9 Å². The number of carbonyl (C=O) groups is 1. The van der Waals surface area contributed by atoms with Gasteiger partial charge in [0.1, 0.15) is 0 Å². The highest BCUT2D eigenvalue weighted by Gasteiger charge is 2.12. The van der Waals surface area contributed by atoms with E-state index in [1.807, 2.05) is 24.3 Å². The fourth-order valence-electron chi connectivity index (χ4n) is 1.52. The molecule has 1 aromatic carbocycles. The third-order valence-electron chi connectivity index (χ3n) is 2.53. The Labute approximate surface area is 115 Å². The highest BCUT2D eigenvalue weighted by atomic mass is 35.5. The quantitative estimate of drug-likeness (QED) is 0.913. The molecule has 0 radical (unpaired) electrons. The standard InChI is InChI=1S/C13H13ClN2O3/c1-18-12-8-11(19-16-12)13(17)15-7-6-9-2-4-10(14)5-3-9/h2-5,8H,6-7H2,1H3,(H,15,17). The zero-order valence-electron chi connectivity index (χ0n) is 10.4. The van der Waals surface area contributed by atoms with Crippen molar-refractivity contribution in [2.24, 2.45) is 0 Å². The van der Waals surface area contributed by atoms with Crippen molar-refractivity contribution in [2.75, 3.05) is 13.7 Å². The molecular formula is C13H13ClN2O3. The first kappa shape index (κ1) is 13.4. The fraction of sp³-hybridized carbons (Fsp3) is 0.231. The summed E-state index contributed by atoms with van der Waals surface area (Å²) in [7, 11) is 1.46. The SMILES string of the molecule is COc1cc(C(=O)NCCc2ccc(Cl)cc2)on1. The third-order valence-corrected chi connectivity index (χ3v) is 2.79. The second-order valence-electron chi connectivity index (χ2n) is 3.87. The van der Waals surface area contributed by atoms with Gasteiger partial charge in [-0.15, -0.1) is 0 Å². The van der Waals surface area contributed by atoms with Crippen LogP contribution in [-0.2, 0) is 6.42 Å². The smallest absolute Gasteiger partial charge is 0.290 e. The Bertz CT molecular complexity index is 551. The number of hydrogen-bond acceptors (Lipinski definition) is 4. The predicted octanol–water partition coefficient (Wildman–Crippen LogP) is 2.31. The van der Waals surface area contributed by atoms with E-state index in [0.29, 0.717) is 18.0 Å². The average molecular weight is 281 g/mol. The summed E-state index contributed by atoms with van der Waals surface area (Å²) in [5.74, 6) is 0.0978. The van der Waals surface area contributed by atoms with E-state index in [1.165, 1.54) is 13.2 Å². The van der Waals surface area contributed by atoms with E-state index in [4.69, 9.17) is 20.9 Å². The Balaban J connectivity index is 1.82. The van der Waals surface area contributed by atoms with E-state index in [9.17, 15) is 4.79 Å². The summed E-state index contributed by atoms with van der Waals surface area (Å²) >= 11 is 5.79. The molecule has 0 aliphatic heterocycles. The highest BCUT2D eigenvalue weighted by molar-refractivity contribution is 6.30. The van der Waals surface area contributed by atoms with Crippen LogP contribution < -0.4 is 10.1 Å². The maximum Gasteiger partial charge on any atom is 0.290 e. The van der Waals surface area contributed by atoms with E-state index < -0.39 is 0 Å². The summed E-state index contributed by atoms with van der Waals surface area (Å²) in [5.41, 5.74) is 1.10. The first-order valence-corrected chi connectivity index (χ1v) is 6.10. The molecular weight excluding hydrogens is 268 g/mol. The summed E-state index contributed by atoms with van der Waals surface area (Å²) in [6.07, 6.45) is 0.716. The lowest BCUT2D eigenvalue weighted by molar-refractivity contribution is 0.0917. The second-order valence-corrected chi connectivity index (χ2v) is 4.30. The van der Waals surface area contributed by atoms with E-state index in [1.54, 1.807) is 0 Å². The minimum Gasteiger partial charge on any atom is -0.479 e. The molecule has 1 amide bonds. The maximum atomic E-state index is 11.7. The molecule has 0 unspecified atom stereocenters. The van der Waals surface area contributed by atoms with Crippen LogP contribution in [0.2, 0.25) is 5.02 Å². The minimum atomic E-state index is -0.315. The first-order valence-electron chi connectivity index (χ1n) is 5.72. The summed E-state index contributed by atoms with van der Waals surface area (Å²) in [6.45, 7) is 0.503. The summed E-state index contributed by atoms with van der Waals surface area (Å²) in [5, 5.41) is 6.99. The Morgan fingerprint density at radius 3 is 2.79 bits per heavy atom. The van der Waals surface area contributed by atoms with E-state index >= 15 is 0 Å². The molecule has 0 aliphatic carbocycles. The number of nitrogens with zero attached hydrogens (tertiary/aromatic N) is 1. The number of ether oxygens (including phenoxy) is 1. The average Bonchev–Trinajstić information content (AvgIpc) is 2.90. The second kappa shape index (κ2) is 6.24. The van der Waals surface area contributed by atoms with Gasteiger partial charge in [0.15, 0.2) is 0 Å². The molecule has 1 heterocycles. The Hall–Kier alpha value is -2.01. The number of hydrogen-bond donors (Lipinski definition) is 1. The summed E-state index contributed by atoms with van der Waals surface area (Å²) < 4.78 is 9.66. The maximum absolute atomic E-state index is 11.7. The highest BCUT2D eigenvalue weighted by Crippen LogP contribution is 2.11. The van der Waals surface area contributed by atoms with Crippen LogP contribution in [0.25, 0.3) is 0 Å². The van der Waals surface area contributed by atoms with E-state index in [0.717, 1.165) is 5.56 Å². The fourth-order valence-corrected chi connectivity index (χ4v) is 1.65. The molecule has 0 aliphatic rings. The summed E-state index contributed by atoms with van der Waals surface area (Å²) in [4.78, 5) is 11.7. The van der Waals surface area contributed by atoms with E-state index in [2.05, 4.69) is 10.5 Å². The molecule has 0 fully saturated rings. The van der Waals surface area contributed by atoms with Gasteiger partial charge >= 0.3 is 0 Å². The molecule has 0 spiro atoms. The van der Waals surface area contributed by atoms with Crippen molar-refractivity contribution in [3.63, 3.8) is 0 Å². The predicted molar refractivity (Wildman–Crippen MR) is 70.5 cm³/mol. The number of carbonyl (C=O) groups excluding carboxylic acids is 1. The summed E-state index contributed by atoms with van der Waals surface area (Å²) in [6, 6.07) is 8.93. The number of methoxy groups -OCH3 is 1. The number of amides is 1. The van der Waals surface area contributed by atoms with Crippen molar-refractivity contribution in [3.8, 4) is 5.88 Å². The number of aromatic nitrogens is 1. The van der Waals surface area contributed by atoms with Gasteiger partial charge < -0.3 is 14.6 Å². The molecule has 1 N–H and O–H groups in total. The van der Waals surface area contributed by atoms with Gasteiger partial charge in [-0.05, 0) is 29.3 Å². The van der Waals surface area contributed by atoms with Crippen molar-refractivity contribution < 1.29 is 14.1 Å². The van der Waals surface area contributed by atoms with Crippen molar-refractivity contribution in [2.45, 2.75) is 6.42 Å². The van der Waals surface area contributed by atoms with Crippen molar-refractivity contribution in [1.82, 2.24) is 10.5 Å². The lowest BCUT2D eigenvalue weighted by Gasteiger charge is -2.03. The van der Waals surface area contributed by atoms with Crippen molar-refractivity contribution in [1.29, 1.82) is 0 Å². The molecule has 2 aromatic rings. The van der Waals surface area contributed by atoms with Gasteiger partial charge in [-0.3, -0.25) is 4.79 Å². The zero-order chi connectivity index (χ0) is 13.7. The molecule has 0 saturated carbocycles. The molecule has 0 atom stereocenters. The lowest BCUT2D eigenvalue weighted by Crippen LogP contribution is -2.25. The van der Waals surface area contributed by atoms with Gasteiger partial charge in [-0.1, -0.05) is 23.7 Å². The molecule has 6 heteroatoms. The molecule has 1 aromatic heterocycles. The zero-order valence-corrected chi connectivity index (χ0v) is 11.1. The Morgan fingerprint density at radius 2 is 2.16 bits per heavy atom. The van der Waals surface area contributed by atoms with Gasteiger partial charge in [0, 0.05) is 11.6 Å². The molecule has 100 valence electrons. The topological polar surface area (TPSA) is 64.4 Å². The largest absolute Gasteiger partial charge is 0.479 e. The minimum absolute atomic E-state index is 0.132. The van der Waals surface area contributed by atoms with Crippen molar-refractivity contribution in [3.05, 3.63) is 46.7 Å². The number of rotatable bonds is 5. The van der Waals surface area contributed by atoms with Gasteiger partial charge in [0.25, 0.3) is 11.8 Å². The Kier molecular flexibility index (Phi) is 4.41. The molecule has 0 saturated heterocycles. The third kappa shape index (κ3) is 3.72. The number of nitrogens with one attached hydrogen (secondary N) is 1. The Morgan fingerprint density at radius 1 is 1.42 bits per heavy atom. The molecule has 0 bridgehead atoms. The lowest BCUT2D eigenvalue weighted by atomic mass is 10.1. The molecule has 2 rings (SSSR count). The van der Waals surface area contributed by atoms with Gasteiger partial charge in [0.2, 0.25) is 5.76 Å². The van der Waals surface area contributed by atoms with Crippen LogP contribution in [0.1, 0.15) is 16.1 Å².